The molecule has 5 heteroatoms. The standard InChI is InChI=1S/C7H9F2NO2/c8-7(9)3-1-6(10,5(11)12)2-4(3)7/h3-4H,1-2,10H2,(H,11,12). The summed E-state index contributed by atoms with van der Waals surface area (Å²) < 4.78 is 25.2. The lowest BCUT2D eigenvalue weighted by molar-refractivity contribution is -0.144. The van der Waals surface area contributed by atoms with Gasteiger partial charge in [-0.25, -0.2) is 8.78 Å². The maximum atomic E-state index is 12.6. The average molecular weight is 177 g/mol. The molecule has 0 aromatic rings. The quantitative estimate of drug-likeness (QED) is 0.611. The van der Waals surface area contributed by atoms with Gasteiger partial charge in [0.25, 0.3) is 5.92 Å². The van der Waals surface area contributed by atoms with Crippen LogP contribution in [-0.2, 0) is 4.79 Å². The predicted octanol–water partition coefficient (Wildman–Crippen LogP) is 0.444. The predicted molar refractivity (Wildman–Crippen MR) is 35.7 cm³/mol. The Bertz CT molecular complexity index is 240. The smallest absolute Gasteiger partial charge is 0.323 e. The fraction of sp³-hybridized carbons (Fsp3) is 0.857. The van der Waals surface area contributed by atoms with E-state index in [-0.39, 0.29) is 12.8 Å². The van der Waals surface area contributed by atoms with Gasteiger partial charge in [-0.1, -0.05) is 0 Å². The summed E-state index contributed by atoms with van der Waals surface area (Å²) in [4.78, 5) is 10.5. The lowest BCUT2D eigenvalue weighted by atomic mass is 9.94. The number of carboxylic acid groups (broad SMARTS) is 1. The van der Waals surface area contributed by atoms with Crippen molar-refractivity contribution in [3.05, 3.63) is 0 Å². The van der Waals surface area contributed by atoms with Crippen molar-refractivity contribution < 1.29 is 18.7 Å². The van der Waals surface area contributed by atoms with Crippen molar-refractivity contribution >= 4 is 5.97 Å². The second-order valence-corrected chi connectivity index (χ2v) is 3.76. The highest BCUT2D eigenvalue weighted by Crippen LogP contribution is 2.66. The first-order valence-corrected chi connectivity index (χ1v) is 3.78. The third kappa shape index (κ3) is 0.744. The number of rotatable bonds is 1. The van der Waals surface area contributed by atoms with Crippen LogP contribution in [0.15, 0.2) is 0 Å². The normalized spacial score (nSPS) is 48.6. The van der Waals surface area contributed by atoms with Crippen molar-refractivity contribution in [3.8, 4) is 0 Å². The van der Waals surface area contributed by atoms with Crippen LogP contribution in [-0.4, -0.2) is 22.5 Å². The minimum Gasteiger partial charge on any atom is -0.480 e. The van der Waals surface area contributed by atoms with E-state index in [1.54, 1.807) is 0 Å². The van der Waals surface area contributed by atoms with Gasteiger partial charge < -0.3 is 10.8 Å². The summed E-state index contributed by atoms with van der Waals surface area (Å²) in [7, 11) is 0. The highest BCUT2D eigenvalue weighted by atomic mass is 19.3. The Labute approximate surface area is 67.5 Å². The van der Waals surface area contributed by atoms with Crippen LogP contribution in [0.1, 0.15) is 12.8 Å². The van der Waals surface area contributed by atoms with Crippen molar-refractivity contribution in [2.45, 2.75) is 24.3 Å². The van der Waals surface area contributed by atoms with E-state index in [0.29, 0.717) is 0 Å². The summed E-state index contributed by atoms with van der Waals surface area (Å²) in [6.45, 7) is 0. The molecular weight excluding hydrogens is 168 g/mol. The number of halogens is 2. The van der Waals surface area contributed by atoms with E-state index in [4.69, 9.17) is 10.8 Å². The van der Waals surface area contributed by atoms with Gasteiger partial charge in [0.05, 0.1) is 0 Å². The largest absolute Gasteiger partial charge is 0.480 e. The molecule has 2 aliphatic rings. The Morgan fingerprint density at radius 3 is 2.17 bits per heavy atom. The molecule has 2 rings (SSSR count). The van der Waals surface area contributed by atoms with Gasteiger partial charge in [0, 0.05) is 11.8 Å². The van der Waals surface area contributed by atoms with Gasteiger partial charge in [-0.05, 0) is 12.8 Å². The van der Waals surface area contributed by atoms with E-state index in [1.807, 2.05) is 0 Å². The van der Waals surface area contributed by atoms with E-state index in [0.717, 1.165) is 0 Å². The molecule has 0 aromatic carbocycles. The molecule has 0 bridgehead atoms. The second-order valence-electron chi connectivity index (χ2n) is 3.76. The SMILES string of the molecule is NC1(C(=O)O)CC2C(C1)C2(F)F. The summed E-state index contributed by atoms with van der Waals surface area (Å²) in [5.41, 5.74) is 4.02. The number of hydrogen-bond acceptors (Lipinski definition) is 2. The van der Waals surface area contributed by atoms with Gasteiger partial charge in [0.1, 0.15) is 5.54 Å². The lowest BCUT2D eigenvalue weighted by Gasteiger charge is -2.21. The summed E-state index contributed by atoms with van der Waals surface area (Å²) in [6.07, 6.45) is -0.167. The fourth-order valence-corrected chi connectivity index (χ4v) is 2.06. The molecule has 2 unspecified atom stereocenters. The Kier molecular flexibility index (Phi) is 1.18. The van der Waals surface area contributed by atoms with Crippen LogP contribution >= 0.6 is 0 Å². The van der Waals surface area contributed by atoms with Crippen molar-refractivity contribution in [2.75, 3.05) is 0 Å². The Hall–Kier alpha value is -0.710. The molecular formula is C7H9F2NO2. The van der Waals surface area contributed by atoms with Gasteiger partial charge in [0.15, 0.2) is 0 Å². The molecule has 2 aliphatic carbocycles. The highest BCUT2D eigenvalue weighted by Gasteiger charge is 2.75. The van der Waals surface area contributed by atoms with E-state index in [9.17, 15) is 13.6 Å². The van der Waals surface area contributed by atoms with Crippen LogP contribution in [0.3, 0.4) is 0 Å². The number of carbonyl (C=O) groups is 1. The molecule has 2 fully saturated rings. The average Bonchev–Trinajstić information content (AvgIpc) is 2.38. The van der Waals surface area contributed by atoms with Crippen LogP contribution in [0.25, 0.3) is 0 Å². The van der Waals surface area contributed by atoms with Crippen LogP contribution in [0.2, 0.25) is 0 Å². The first kappa shape index (κ1) is 7.91. The molecule has 0 saturated heterocycles. The van der Waals surface area contributed by atoms with Crippen LogP contribution in [0.5, 0.6) is 0 Å². The molecule has 3 nitrogen and oxygen atoms in total. The Morgan fingerprint density at radius 2 is 1.83 bits per heavy atom. The van der Waals surface area contributed by atoms with E-state index >= 15 is 0 Å². The highest BCUT2D eigenvalue weighted by molar-refractivity contribution is 5.79. The number of carboxylic acids is 1. The first-order chi connectivity index (χ1) is 5.38. The third-order valence-corrected chi connectivity index (χ3v) is 2.96. The molecule has 0 spiro atoms. The van der Waals surface area contributed by atoms with Crippen LogP contribution in [0, 0.1) is 11.8 Å². The second kappa shape index (κ2) is 1.79. The van der Waals surface area contributed by atoms with Gasteiger partial charge in [-0.15, -0.1) is 0 Å². The third-order valence-electron chi connectivity index (χ3n) is 2.96. The van der Waals surface area contributed by atoms with Crippen LogP contribution in [0.4, 0.5) is 8.78 Å². The van der Waals surface area contributed by atoms with Gasteiger partial charge >= 0.3 is 5.97 Å². The molecule has 68 valence electrons. The molecule has 0 amide bonds. The Morgan fingerprint density at radius 1 is 1.42 bits per heavy atom. The van der Waals surface area contributed by atoms with E-state index in [1.165, 1.54) is 0 Å². The van der Waals surface area contributed by atoms with E-state index in [2.05, 4.69) is 0 Å². The lowest BCUT2D eigenvalue weighted by Crippen LogP contribution is -2.47. The molecule has 3 N–H and O–H groups in total. The monoisotopic (exact) mass is 177 g/mol. The van der Waals surface area contributed by atoms with Gasteiger partial charge in [-0.3, -0.25) is 4.79 Å². The number of nitrogens with two attached hydrogens (primary N) is 1. The Balaban J connectivity index is 2.11. The summed E-state index contributed by atoms with van der Waals surface area (Å²) in [5, 5.41) is 8.61. The molecule has 0 radical (unpaired) electrons. The topological polar surface area (TPSA) is 63.3 Å². The summed E-state index contributed by atoms with van der Waals surface area (Å²) >= 11 is 0. The molecule has 0 aromatic heterocycles. The molecule has 0 aliphatic heterocycles. The van der Waals surface area contributed by atoms with Gasteiger partial charge in [0.2, 0.25) is 0 Å². The molecule has 12 heavy (non-hydrogen) atoms. The maximum Gasteiger partial charge on any atom is 0.323 e. The molecule has 2 saturated carbocycles. The molecule has 0 heterocycles. The zero-order valence-corrected chi connectivity index (χ0v) is 6.26. The number of aliphatic carboxylic acids is 1. The maximum absolute atomic E-state index is 12.6. The molecule has 2 atom stereocenters. The minimum absolute atomic E-state index is 0.0833. The number of alkyl halides is 2. The number of hydrogen-bond donors (Lipinski definition) is 2. The fourth-order valence-electron chi connectivity index (χ4n) is 2.06. The zero-order chi connectivity index (χ0) is 9.15. The van der Waals surface area contributed by atoms with Gasteiger partial charge in [-0.2, -0.15) is 0 Å². The van der Waals surface area contributed by atoms with Crippen molar-refractivity contribution in [1.82, 2.24) is 0 Å². The zero-order valence-electron chi connectivity index (χ0n) is 6.26. The minimum atomic E-state index is -2.64. The van der Waals surface area contributed by atoms with Crippen LogP contribution < -0.4 is 5.73 Å². The van der Waals surface area contributed by atoms with Crippen molar-refractivity contribution in [2.24, 2.45) is 17.6 Å². The van der Waals surface area contributed by atoms with Crippen molar-refractivity contribution in [1.29, 1.82) is 0 Å². The summed E-state index contributed by atoms with van der Waals surface area (Å²) in [5.74, 6) is -5.36. The van der Waals surface area contributed by atoms with E-state index < -0.39 is 29.3 Å². The summed E-state index contributed by atoms with van der Waals surface area (Å²) in [6, 6.07) is 0. The number of fused-ring (bicyclic) bond motifs is 1. The van der Waals surface area contributed by atoms with Crippen molar-refractivity contribution in [3.63, 3.8) is 0 Å². The first-order valence-electron chi connectivity index (χ1n) is 3.78.